The third-order valence-electron chi connectivity index (χ3n) is 9.79. The maximum absolute atomic E-state index is 6.49. The van der Waals surface area contributed by atoms with Crippen molar-refractivity contribution >= 4 is 0 Å². The molecule has 0 aromatic heterocycles. The van der Waals surface area contributed by atoms with Crippen molar-refractivity contribution < 1.29 is 18.9 Å². The molecule has 2 bridgehead atoms. The second-order valence-electron chi connectivity index (χ2n) is 11.8. The van der Waals surface area contributed by atoms with Crippen molar-refractivity contribution in [1.29, 1.82) is 0 Å². The van der Waals surface area contributed by atoms with Gasteiger partial charge in [-0.3, -0.25) is 0 Å². The SMILES string of the molecule is CC1OCC(CCC2CCC(C3CCC(C45CCC(C)(CC4)CC5)CO3)OC2)CO1. The molecule has 4 nitrogen and oxygen atoms in total. The third-order valence-corrected chi connectivity index (χ3v) is 9.79. The highest BCUT2D eigenvalue weighted by Crippen LogP contribution is 2.61. The van der Waals surface area contributed by atoms with Crippen LogP contribution in [0.25, 0.3) is 0 Å². The van der Waals surface area contributed by atoms with E-state index >= 15 is 0 Å². The molecule has 4 atom stereocenters. The van der Waals surface area contributed by atoms with Crippen LogP contribution in [-0.2, 0) is 18.9 Å². The van der Waals surface area contributed by atoms with Crippen molar-refractivity contribution in [3.63, 3.8) is 0 Å². The summed E-state index contributed by atoms with van der Waals surface area (Å²) in [5.41, 5.74) is 1.29. The maximum Gasteiger partial charge on any atom is 0.154 e. The van der Waals surface area contributed by atoms with E-state index in [0.29, 0.717) is 34.9 Å². The first-order chi connectivity index (χ1) is 14.5. The Hall–Kier alpha value is -0.160. The number of hydrogen-bond acceptors (Lipinski definition) is 4. The van der Waals surface area contributed by atoms with E-state index in [2.05, 4.69) is 6.92 Å². The van der Waals surface area contributed by atoms with Gasteiger partial charge in [0.25, 0.3) is 0 Å². The van der Waals surface area contributed by atoms with Crippen LogP contribution in [0.15, 0.2) is 0 Å². The number of hydrogen-bond donors (Lipinski definition) is 0. The minimum absolute atomic E-state index is 0.0221. The highest BCUT2D eigenvalue weighted by molar-refractivity contribution is 5.01. The van der Waals surface area contributed by atoms with E-state index in [-0.39, 0.29) is 6.29 Å². The topological polar surface area (TPSA) is 36.9 Å². The predicted molar refractivity (Wildman–Crippen MR) is 117 cm³/mol. The van der Waals surface area contributed by atoms with E-state index in [4.69, 9.17) is 18.9 Å². The third kappa shape index (κ3) is 4.63. The molecule has 0 aromatic carbocycles. The normalized spacial score (nSPS) is 49.8. The molecule has 0 radical (unpaired) electrons. The summed E-state index contributed by atoms with van der Waals surface area (Å²) < 4.78 is 24.1. The molecule has 4 heteroatoms. The molecule has 0 aromatic rings. The van der Waals surface area contributed by atoms with Gasteiger partial charge < -0.3 is 18.9 Å². The van der Waals surface area contributed by atoms with E-state index in [0.717, 1.165) is 32.3 Å². The molecule has 3 saturated carbocycles. The van der Waals surface area contributed by atoms with Gasteiger partial charge in [0, 0.05) is 12.5 Å². The molecule has 3 aliphatic heterocycles. The summed E-state index contributed by atoms with van der Waals surface area (Å²) in [6.45, 7) is 8.13. The quantitative estimate of drug-likeness (QED) is 0.569. The lowest BCUT2D eigenvalue weighted by Gasteiger charge is -2.56. The van der Waals surface area contributed by atoms with E-state index in [1.54, 1.807) is 0 Å². The Balaban J connectivity index is 1.02. The minimum Gasteiger partial charge on any atom is -0.375 e. The first-order valence-corrected chi connectivity index (χ1v) is 13.0. The van der Waals surface area contributed by atoms with Crippen molar-refractivity contribution in [2.24, 2.45) is 28.6 Å². The van der Waals surface area contributed by atoms with Crippen LogP contribution in [0.5, 0.6) is 0 Å². The summed E-state index contributed by atoms with van der Waals surface area (Å²) in [6, 6.07) is 0. The van der Waals surface area contributed by atoms with Crippen LogP contribution in [-0.4, -0.2) is 44.9 Å². The van der Waals surface area contributed by atoms with Crippen molar-refractivity contribution in [3.8, 4) is 0 Å². The largest absolute Gasteiger partial charge is 0.375 e. The number of rotatable bonds is 5. The molecule has 4 unspecified atom stereocenters. The van der Waals surface area contributed by atoms with Crippen LogP contribution < -0.4 is 0 Å². The fourth-order valence-corrected chi connectivity index (χ4v) is 7.19. The summed E-state index contributed by atoms with van der Waals surface area (Å²) in [5, 5.41) is 0. The summed E-state index contributed by atoms with van der Waals surface area (Å²) >= 11 is 0. The molecule has 6 fully saturated rings. The minimum atomic E-state index is -0.0221. The molecular weight excluding hydrogens is 376 g/mol. The fraction of sp³-hybridized carbons (Fsp3) is 1.00. The highest BCUT2D eigenvalue weighted by atomic mass is 16.7. The molecule has 3 aliphatic carbocycles. The Kier molecular flexibility index (Phi) is 6.50. The summed E-state index contributed by atoms with van der Waals surface area (Å²) in [6.07, 6.45) is 16.9. The monoisotopic (exact) mass is 420 g/mol. The van der Waals surface area contributed by atoms with Crippen molar-refractivity contribution in [3.05, 3.63) is 0 Å². The van der Waals surface area contributed by atoms with Gasteiger partial charge in [0.2, 0.25) is 0 Å². The van der Waals surface area contributed by atoms with Gasteiger partial charge in [-0.05, 0) is 107 Å². The van der Waals surface area contributed by atoms with Crippen LogP contribution in [0, 0.1) is 28.6 Å². The van der Waals surface area contributed by atoms with Gasteiger partial charge in [-0.1, -0.05) is 6.92 Å². The van der Waals surface area contributed by atoms with E-state index in [1.807, 2.05) is 6.92 Å². The van der Waals surface area contributed by atoms with E-state index < -0.39 is 0 Å². The Morgan fingerprint density at radius 3 is 1.77 bits per heavy atom. The molecular formula is C26H44O4. The zero-order valence-corrected chi connectivity index (χ0v) is 19.4. The van der Waals surface area contributed by atoms with Crippen molar-refractivity contribution in [1.82, 2.24) is 0 Å². The van der Waals surface area contributed by atoms with Gasteiger partial charge in [0.05, 0.1) is 32.0 Å². The van der Waals surface area contributed by atoms with E-state index in [9.17, 15) is 0 Å². The molecule has 30 heavy (non-hydrogen) atoms. The van der Waals surface area contributed by atoms with Gasteiger partial charge in [0.15, 0.2) is 6.29 Å². The van der Waals surface area contributed by atoms with Crippen LogP contribution in [0.1, 0.15) is 90.9 Å². The maximum atomic E-state index is 6.49. The molecule has 172 valence electrons. The van der Waals surface area contributed by atoms with E-state index in [1.165, 1.54) is 77.0 Å². The predicted octanol–water partition coefficient (Wildman–Crippen LogP) is 5.73. The Morgan fingerprint density at radius 2 is 1.20 bits per heavy atom. The lowest BCUT2D eigenvalue weighted by Crippen LogP contribution is -2.49. The molecule has 3 saturated heterocycles. The van der Waals surface area contributed by atoms with Crippen molar-refractivity contribution in [2.45, 2.75) is 109 Å². The molecule has 3 heterocycles. The first kappa shape index (κ1) is 21.7. The van der Waals surface area contributed by atoms with Crippen molar-refractivity contribution in [2.75, 3.05) is 26.4 Å². The Morgan fingerprint density at radius 1 is 0.633 bits per heavy atom. The second-order valence-corrected chi connectivity index (χ2v) is 11.8. The number of fused-ring (bicyclic) bond motifs is 3. The smallest absolute Gasteiger partial charge is 0.154 e. The van der Waals surface area contributed by atoms with Gasteiger partial charge in [0.1, 0.15) is 0 Å². The summed E-state index contributed by atoms with van der Waals surface area (Å²) in [7, 11) is 0. The van der Waals surface area contributed by atoms with Gasteiger partial charge in [-0.2, -0.15) is 0 Å². The molecule has 0 amide bonds. The average molecular weight is 421 g/mol. The molecule has 6 rings (SSSR count). The lowest BCUT2D eigenvalue weighted by atomic mass is 9.50. The average Bonchev–Trinajstić information content (AvgIpc) is 2.80. The number of ether oxygens (including phenoxy) is 4. The Bertz CT molecular complexity index is 529. The molecule has 0 spiro atoms. The standard InChI is InChI=1S/C26H44O4/c1-19-27-16-21(17-28-19)4-3-20-5-7-23(29-15-20)24-8-6-22(18-30-24)26-12-9-25(2,10-13-26)11-14-26/h19-24H,3-18H2,1-2H3. The lowest BCUT2D eigenvalue weighted by molar-refractivity contribution is -0.192. The van der Waals surface area contributed by atoms with Gasteiger partial charge >= 0.3 is 0 Å². The van der Waals surface area contributed by atoms with Crippen LogP contribution in [0.2, 0.25) is 0 Å². The van der Waals surface area contributed by atoms with Gasteiger partial charge in [-0.15, -0.1) is 0 Å². The second kappa shape index (κ2) is 9.00. The zero-order chi connectivity index (χ0) is 20.6. The highest BCUT2D eigenvalue weighted by Gasteiger charge is 2.51. The summed E-state index contributed by atoms with van der Waals surface area (Å²) in [4.78, 5) is 0. The van der Waals surface area contributed by atoms with Crippen LogP contribution >= 0.6 is 0 Å². The fourth-order valence-electron chi connectivity index (χ4n) is 7.19. The van der Waals surface area contributed by atoms with Crippen LogP contribution in [0.4, 0.5) is 0 Å². The Labute approximate surface area is 183 Å². The summed E-state index contributed by atoms with van der Waals surface area (Å²) in [5.74, 6) is 2.07. The molecule has 0 N–H and O–H groups in total. The first-order valence-electron chi connectivity index (χ1n) is 13.0. The molecule has 6 aliphatic rings. The zero-order valence-electron chi connectivity index (χ0n) is 19.4. The van der Waals surface area contributed by atoms with Crippen LogP contribution in [0.3, 0.4) is 0 Å². The van der Waals surface area contributed by atoms with Gasteiger partial charge in [-0.25, -0.2) is 0 Å².